The molecule has 2 N–H and O–H groups in total. The highest BCUT2D eigenvalue weighted by atomic mass is 16.7. The van der Waals surface area contributed by atoms with Crippen molar-refractivity contribution < 1.29 is 38.8 Å². The summed E-state index contributed by atoms with van der Waals surface area (Å²) in [6, 6.07) is 0. The van der Waals surface area contributed by atoms with Crippen LogP contribution in [0.25, 0.3) is 0 Å². The molecule has 0 heterocycles. The smallest absolute Gasteiger partial charge is 0.449 e. The molecule has 0 unspecified atom stereocenters. The summed E-state index contributed by atoms with van der Waals surface area (Å²) in [7, 11) is 2.51. The SMILES string of the molecule is COC(=O)OC.O=C(O)OC(=O)O. The Morgan fingerprint density at radius 3 is 1.23 bits per heavy atom. The summed E-state index contributed by atoms with van der Waals surface area (Å²) in [5.41, 5.74) is 0. The van der Waals surface area contributed by atoms with Crippen molar-refractivity contribution in [1.82, 2.24) is 0 Å². The second-order valence-corrected chi connectivity index (χ2v) is 1.29. The molecule has 0 bridgehead atoms. The second kappa shape index (κ2) is 8.11. The fraction of sp³-hybridized carbons (Fsp3) is 0.400. The Labute approximate surface area is 72.6 Å². The van der Waals surface area contributed by atoms with Gasteiger partial charge in [-0.2, -0.15) is 0 Å². The van der Waals surface area contributed by atoms with Crippen molar-refractivity contribution in [3.63, 3.8) is 0 Å². The van der Waals surface area contributed by atoms with Crippen LogP contribution in [0.5, 0.6) is 0 Å². The summed E-state index contributed by atoms with van der Waals surface area (Å²) in [6.45, 7) is 0. The van der Waals surface area contributed by atoms with Gasteiger partial charge in [-0.1, -0.05) is 0 Å². The van der Waals surface area contributed by atoms with Gasteiger partial charge in [0.15, 0.2) is 0 Å². The van der Waals surface area contributed by atoms with Gasteiger partial charge in [0.05, 0.1) is 14.2 Å². The monoisotopic (exact) mass is 196 g/mol. The fourth-order valence-corrected chi connectivity index (χ4v) is 0.158. The lowest BCUT2D eigenvalue weighted by Gasteiger charge is -1.89. The summed E-state index contributed by atoms with van der Waals surface area (Å²) in [5, 5.41) is 15.0. The molecule has 8 nitrogen and oxygen atoms in total. The van der Waals surface area contributed by atoms with E-state index in [-0.39, 0.29) is 0 Å². The average molecular weight is 196 g/mol. The zero-order chi connectivity index (χ0) is 10.9. The standard InChI is InChI=1S/C3H6O3.C2H2O5/c1-5-3(4)6-2;3-1(4)7-2(5)6/h1-2H3;(H,3,4)(H,5,6). The first kappa shape index (κ1) is 13.6. The van der Waals surface area contributed by atoms with Crippen molar-refractivity contribution >= 4 is 18.5 Å². The third kappa shape index (κ3) is 17.8. The van der Waals surface area contributed by atoms with Crippen LogP contribution in [0.4, 0.5) is 14.4 Å². The van der Waals surface area contributed by atoms with E-state index >= 15 is 0 Å². The van der Waals surface area contributed by atoms with E-state index in [0.29, 0.717) is 0 Å². The maximum atomic E-state index is 9.74. The van der Waals surface area contributed by atoms with Gasteiger partial charge in [-0.15, -0.1) is 0 Å². The first-order valence-corrected chi connectivity index (χ1v) is 2.69. The minimum atomic E-state index is -1.81. The van der Waals surface area contributed by atoms with Crippen LogP contribution in [0.2, 0.25) is 0 Å². The lowest BCUT2D eigenvalue weighted by molar-refractivity contribution is 0.0800. The van der Waals surface area contributed by atoms with Crippen molar-refractivity contribution in [2.45, 2.75) is 0 Å². The molecule has 0 aliphatic carbocycles. The van der Waals surface area contributed by atoms with Gasteiger partial charge in [-0.05, 0) is 0 Å². The average Bonchev–Trinajstić information content (AvgIpc) is 2.01. The van der Waals surface area contributed by atoms with E-state index < -0.39 is 18.5 Å². The highest BCUT2D eigenvalue weighted by Gasteiger charge is 2.01. The molecule has 0 spiro atoms. The number of carbonyl (C=O) groups is 3. The molecule has 13 heavy (non-hydrogen) atoms. The molecule has 0 fully saturated rings. The number of methoxy groups -OCH3 is 2. The summed E-state index contributed by atoms with van der Waals surface area (Å²) >= 11 is 0. The molecule has 0 radical (unpaired) electrons. The molecule has 0 rings (SSSR count). The molecular weight excluding hydrogens is 188 g/mol. The Kier molecular flexibility index (Phi) is 8.48. The number of carboxylic acid groups (broad SMARTS) is 2. The molecule has 0 saturated carbocycles. The van der Waals surface area contributed by atoms with Crippen LogP contribution in [-0.2, 0) is 14.2 Å². The van der Waals surface area contributed by atoms with Crippen LogP contribution in [0, 0.1) is 0 Å². The Morgan fingerprint density at radius 1 is 0.923 bits per heavy atom. The zero-order valence-corrected chi connectivity index (χ0v) is 6.84. The van der Waals surface area contributed by atoms with Crippen molar-refractivity contribution in [2.24, 2.45) is 0 Å². The zero-order valence-electron chi connectivity index (χ0n) is 6.84. The highest BCUT2D eigenvalue weighted by Crippen LogP contribution is 1.74. The molecule has 0 aromatic carbocycles. The molecule has 0 amide bonds. The summed E-state index contributed by atoms with van der Waals surface area (Å²) in [5.74, 6) is 0. The van der Waals surface area contributed by atoms with Crippen LogP contribution in [0.1, 0.15) is 0 Å². The quantitative estimate of drug-likeness (QED) is 0.430. The van der Waals surface area contributed by atoms with Crippen molar-refractivity contribution in [1.29, 1.82) is 0 Å². The van der Waals surface area contributed by atoms with E-state index in [2.05, 4.69) is 14.2 Å². The largest absolute Gasteiger partial charge is 0.516 e. The van der Waals surface area contributed by atoms with E-state index in [0.717, 1.165) is 0 Å². The number of hydrogen-bond donors (Lipinski definition) is 2. The molecule has 0 aromatic heterocycles. The van der Waals surface area contributed by atoms with Gasteiger partial charge in [0.1, 0.15) is 0 Å². The van der Waals surface area contributed by atoms with Gasteiger partial charge in [-0.3, -0.25) is 0 Å². The normalized spacial score (nSPS) is 7.23. The molecule has 0 aliphatic heterocycles. The molecule has 76 valence electrons. The third-order valence-electron chi connectivity index (χ3n) is 0.508. The van der Waals surface area contributed by atoms with E-state index in [4.69, 9.17) is 10.2 Å². The lowest BCUT2D eigenvalue weighted by atomic mass is 11.3. The molecule has 8 heteroatoms. The molecule has 0 saturated heterocycles. The van der Waals surface area contributed by atoms with Crippen LogP contribution >= 0.6 is 0 Å². The topological polar surface area (TPSA) is 119 Å². The molecule has 0 aliphatic rings. The summed E-state index contributed by atoms with van der Waals surface area (Å²) < 4.78 is 11.2. The van der Waals surface area contributed by atoms with E-state index in [1.54, 1.807) is 0 Å². The summed E-state index contributed by atoms with van der Waals surface area (Å²) in [6.07, 6.45) is -4.28. The Bertz CT molecular complexity index is 167. The predicted octanol–water partition coefficient (Wildman–Crippen LogP) is 0.758. The van der Waals surface area contributed by atoms with Crippen molar-refractivity contribution in [3.05, 3.63) is 0 Å². The van der Waals surface area contributed by atoms with Crippen LogP contribution in [0.15, 0.2) is 0 Å². The first-order chi connectivity index (χ1) is 5.93. The van der Waals surface area contributed by atoms with E-state index in [1.807, 2.05) is 0 Å². The van der Waals surface area contributed by atoms with Gasteiger partial charge in [0.2, 0.25) is 0 Å². The predicted molar refractivity (Wildman–Crippen MR) is 36.5 cm³/mol. The molecule has 0 aromatic rings. The van der Waals surface area contributed by atoms with Crippen LogP contribution in [-0.4, -0.2) is 42.9 Å². The number of ether oxygens (including phenoxy) is 3. The first-order valence-electron chi connectivity index (χ1n) is 2.69. The van der Waals surface area contributed by atoms with E-state index in [1.165, 1.54) is 14.2 Å². The van der Waals surface area contributed by atoms with Gasteiger partial charge in [0, 0.05) is 0 Å². The number of carbonyl (C=O) groups excluding carboxylic acids is 1. The second-order valence-electron chi connectivity index (χ2n) is 1.29. The maximum absolute atomic E-state index is 9.74. The number of hydrogen-bond acceptors (Lipinski definition) is 6. The molecular formula is C5H8O8. The van der Waals surface area contributed by atoms with Gasteiger partial charge in [-0.25, -0.2) is 14.4 Å². The Morgan fingerprint density at radius 2 is 1.23 bits per heavy atom. The van der Waals surface area contributed by atoms with Gasteiger partial charge < -0.3 is 24.4 Å². The minimum absolute atomic E-state index is 0.657. The third-order valence-corrected chi connectivity index (χ3v) is 0.508. The number of rotatable bonds is 0. The minimum Gasteiger partial charge on any atom is -0.449 e. The van der Waals surface area contributed by atoms with Gasteiger partial charge >= 0.3 is 18.5 Å². The maximum Gasteiger partial charge on any atom is 0.516 e. The Balaban J connectivity index is 0. The van der Waals surface area contributed by atoms with E-state index in [9.17, 15) is 14.4 Å². The highest BCUT2D eigenvalue weighted by molar-refractivity contribution is 5.74. The lowest BCUT2D eigenvalue weighted by Crippen LogP contribution is -2.05. The fourth-order valence-electron chi connectivity index (χ4n) is 0.158. The van der Waals surface area contributed by atoms with Crippen LogP contribution in [0.3, 0.4) is 0 Å². The van der Waals surface area contributed by atoms with Crippen LogP contribution < -0.4 is 0 Å². The summed E-state index contributed by atoms with van der Waals surface area (Å²) in [4.78, 5) is 28.1. The van der Waals surface area contributed by atoms with Gasteiger partial charge in [0.25, 0.3) is 0 Å². The van der Waals surface area contributed by atoms with Crippen molar-refractivity contribution in [3.8, 4) is 0 Å². The van der Waals surface area contributed by atoms with Crippen molar-refractivity contribution in [2.75, 3.05) is 14.2 Å². The molecule has 0 atom stereocenters. The Hall–Kier alpha value is -1.99.